The van der Waals surface area contributed by atoms with Gasteiger partial charge in [-0.2, -0.15) is 5.26 Å². The molecule has 248 valence electrons. The van der Waals surface area contributed by atoms with Crippen molar-refractivity contribution < 1.29 is 24.1 Å². The number of rotatable bonds is 16. The molecular weight excluding hydrogens is 613 g/mol. The molecule has 0 fully saturated rings. The largest absolute Gasteiger partial charge is 0.496 e. The van der Waals surface area contributed by atoms with E-state index in [0.29, 0.717) is 42.6 Å². The Morgan fingerprint density at radius 1 is 1.02 bits per heavy atom. The Kier molecular flexibility index (Phi) is 10.9. The molecule has 0 radical (unpaired) electrons. The highest BCUT2D eigenvalue weighted by atomic mass is 28.3. The molecule has 0 aliphatic rings. The molecule has 4 aromatic rings. The number of nitrogens with zero attached hydrogens (tertiary/aromatic N) is 4. The number of aliphatic carboxylic acids is 1. The average molecular weight is 663 g/mol. The number of carbonyl (C=O) groups is 1. The van der Waals surface area contributed by atoms with Gasteiger partial charge in [-0.15, -0.1) is 0 Å². The Morgan fingerprint density at radius 2 is 1.67 bits per heavy atom. The Labute approximate surface area is 275 Å². The van der Waals surface area contributed by atoms with E-state index in [1.165, 1.54) is 0 Å². The highest BCUT2D eigenvalue weighted by Gasteiger charge is 2.40. The van der Waals surface area contributed by atoms with Crippen LogP contribution in [0.15, 0.2) is 36.5 Å². The number of aromatic nitrogens is 3. The second kappa shape index (κ2) is 14.1. The van der Waals surface area contributed by atoms with Crippen molar-refractivity contribution in [3.8, 4) is 11.8 Å². The molecule has 0 saturated heterocycles. The van der Waals surface area contributed by atoms with Crippen molar-refractivity contribution in [2.75, 3.05) is 20.3 Å². The monoisotopic (exact) mass is 662 g/mol. The number of fused-ring (bicyclic) bond motifs is 2. The third-order valence-corrected chi connectivity index (χ3v) is 12.0. The van der Waals surface area contributed by atoms with Gasteiger partial charge in [0.2, 0.25) is 0 Å². The fourth-order valence-electron chi connectivity index (χ4n) is 5.95. The van der Waals surface area contributed by atoms with Crippen molar-refractivity contribution in [1.82, 2.24) is 14.1 Å². The van der Waals surface area contributed by atoms with E-state index in [1.54, 1.807) is 19.2 Å². The minimum absolute atomic E-state index is 0.0708. The summed E-state index contributed by atoms with van der Waals surface area (Å²) in [4.78, 5) is 17.2. The number of aryl methyl sites for hydroxylation is 1. The van der Waals surface area contributed by atoms with E-state index in [9.17, 15) is 15.2 Å². The van der Waals surface area contributed by atoms with Crippen LogP contribution < -0.4 is 4.74 Å². The molecule has 1 atom stereocenters. The lowest BCUT2D eigenvalue weighted by Crippen LogP contribution is -2.31. The summed E-state index contributed by atoms with van der Waals surface area (Å²) >= 11 is 0. The second-order valence-corrected chi connectivity index (χ2v) is 26.2. The Hall–Kier alpha value is -3.44. The molecule has 2 heterocycles. The predicted octanol–water partition coefficient (Wildman–Crippen LogP) is 7.98. The zero-order valence-electron chi connectivity index (χ0n) is 29.0. The lowest BCUT2D eigenvalue weighted by atomic mass is 9.75. The van der Waals surface area contributed by atoms with Gasteiger partial charge in [-0.3, -0.25) is 4.79 Å². The van der Waals surface area contributed by atoms with E-state index in [2.05, 4.69) is 69.8 Å². The molecule has 0 bridgehead atoms. The number of carboxylic acids is 1. The molecular formula is C35H50N4O5Si2. The first kappa shape index (κ1) is 35.4. The molecule has 0 aliphatic heterocycles. The van der Waals surface area contributed by atoms with Crippen molar-refractivity contribution in [2.24, 2.45) is 0 Å². The van der Waals surface area contributed by atoms with E-state index in [4.69, 9.17) is 19.2 Å². The first-order valence-electron chi connectivity index (χ1n) is 16.0. The third kappa shape index (κ3) is 8.10. The van der Waals surface area contributed by atoms with Crippen molar-refractivity contribution >= 4 is 44.1 Å². The molecule has 0 saturated carbocycles. The molecule has 2 aromatic heterocycles. The number of imidazole rings is 1. The summed E-state index contributed by atoms with van der Waals surface area (Å²) in [5, 5.41) is 20.5. The van der Waals surface area contributed by atoms with Gasteiger partial charge in [0, 0.05) is 52.9 Å². The van der Waals surface area contributed by atoms with E-state index in [-0.39, 0.29) is 19.6 Å². The van der Waals surface area contributed by atoms with Gasteiger partial charge < -0.3 is 28.5 Å². The number of nitriles is 1. The molecule has 2 aromatic carbocycles. The summed E-state index contributed by atoms with van der Waals surface area (Å²) in [5.74, 6) is 0.462. The van der Waals surface area contributed by atoms with Crippen LogP contribution in [0.1, 0.15) is 42.3 Å². The van der Waals surface area contributed by atoms with Crippen LogP contribution in [0.4, 0.5) is 0 Å². The zero-order valence-corrected chi connectivity index (χ0v) is 31.0. The quantitative estimate of drug-likeness (QED) is 0.0957. The zero-order chi connectivity index (χ0) is 33.9. The lowest BCUT2D eigenvalue weighted by molar-refractivity contribution is -0.137. The fourth-order valence-corrected chi connectivity index (χ4v) is 7.47. The van der Waals surface area contributed by atoms with E-state index >= 15 is 0 Å². The second-order valence-electron chi connectivity index (χ2n) is 14.9. The number of carboxylic acid groups (broad SMARTS) is 1. The van der Waals surface area contributed by atoms with E-state index < -0.39 is 27.5 Å². The van der Waals surface area contributed by atoms with Gasteiger partial charge in [-0.05, 0) is 68.3 Å². The maximum atomic E-state index is 12.1. The van der Waals surface area contributed by atoms with Crippen LogP contribution in [0, 0.1) is 18.3 Å². The van der Waals surface area contributed by atoms with E-state index in [1.807, 2.05) is 22.9 Å². The predicted molar refractivity (Wildman–Crippen MR) is 189 cm³/mol. The maximum Gasteiger partial charge on any atom is 0.303 e. The molecule has 46 heavy (non-hydrogen) atoms. The number of ether oxygens (including phenoxy) is 3. The van der Waals surface area contributed by atoms with Crippen LogP contribution in [0.5, 0.6) is 5.75 Å². The minimum Gasteiger partial charge on any atom is -0.496 e. The standard InChI is InChI=1S/C35H50N4O5Si2/c1-25-20-30(42-3)32(27-13-15-38(33(25)27)23-43-16-18-45(4,5)6)35(2,14-12-31(40)41)34-37-28-21-26(22-36)10-11-29(28)39(34)24-44-17-19-46(7,8)9/h10-11,13,15,20-21H,12,14,16-19,23-24H2,1-9H3,(H,40,41). The SMILES string of the molecule is COc1cc(C)c2c(ccn2COCC[Si](C)(C)C)c1C(C)(CCC(=O)O)c1nc2cc(C#N)ccc2n1COCC[Si](C)(C)C. The Morgan fingerprint density at radius 3 is 2.26 bits per heavy atom. The topological polar surface area (TPSA) is 112 Å². The fraction of sp³-hybridized carbons (Fsp3) is 0.514. The lowest BCUT2D eigenvalue weighted by Gasteiger charge is -2.32. The summed E-state index contributed by atoms with van der Waals surface area (Å²) in [6.45, 7) is 20.1. The highest BCUT2D eigenvalue weighted by Crippen LogP contribution is 2.46. The summed E-state index contributed by atoms with van der Waals surface area (Å²) in [6, 6.07) is 13.9. The van der Waals surface area contributed by atoms with Crippen molar-refractivity contribution in [3.05, 3.63) is 59.0 Å². The van der Waals surface area contributed by atoms with Crippen LogP contribution in [-0.4, -0.2) is 61.7 Å². The number of methoxy groups -OCH3 is 1. The van der Waals surface area contributed by atoms with Gasteiger partial charge in [0.1, 0.15) is 25.0 Å². The first-order chi connectivity index (χ1) is 21.6. The Bertz CT molecular complexity index is 1740. The molecule has 1 unspecified atom stereocenters. The van der Waals surface area contributed by atoms with Crippen LogP contribution >= 0.6 is 0 Å². The molecule has 11 heteroatoms. The normalized spacial score (nSPS) is 13.7. The van der Waals surface area contributed by atoms with Crippen LogP contribution in [0.2, 0.25) is 51.4 Å². The Balaban J connectivity index is 1.91. The summed E-state index contributed by atoms with van der Waals surface area (Å²) in [5.41, 5.74) is 4.05. The molecule has 1 N–H and O–H groups in total. The van der Waals surface area contributed by atoms with Crippen LogP contribution in [0.25, 0.3) is 21.9 Å². The van der Waals surface area contributed by atoms with Crippen LogP contribution in [0.3, 0.4) is 0 Å². The number of hydrogen-bond acceptors (Lipinski definition) is 6. The van der Waals surface area contributed by atoms with Gasteiger partial charge in [0.25, 0.3) is 0 Å². The van der Waals surface area contributed by atoms with Crippen molar-refractivity contribution in [3.63, 3.8) is 0 Å². The maximum absolute atomic E-state index is 12.1. The molecule has 4 rings (SSSR count). The van der Waals surface area contributed by atoms with Gasteiger partial charge in [0.15, 0.2) is 0 Å². The van der Waals surface area contributed by atoms with Gasteiger partial charge >= 0.3 is 5.97 Å². The molecule has 9 nitrogen and oxygen atoms in total. The molecule has 0 spiro atoms. The number of hydrogen-bond donors (Lipinski definition) is 1. The van der Waals surface area contributed by atoms with Crippen LogP contribution in [-0.2, 0) is 33.1 Å². The van der Waals surface area contributed by atoms with Gasteiger partial charge in [-0.1, -0.05) is 39.3 Å². The van der Waals surface area contributed by atoms with Gasteiger partial charge in [0.05, 0.1) is 40.7 Å². The molecule has 0 aliphatic carbocycles. The third-order valence-electron chi connectivity index (χ3n) is 8.63. The van der Waals surface area contributed by atoms with Crippen molar-refractivity contribution in [1.29, 1.82) is 5.26 Å². The average Bonchev–Trinajstić information content (AvgIpc) is 3.57. The van der Waals surface area contributed by atoms with E-state index in [0.717, 1.165) is 39.6 Å². The summed E-state index contributed by atoms with van der Waals surface area (Å²) in [6.07, 6.45) is 2.24. The van der Waals surface area contributed by atoms with Gasteiger partial charge in [-0.25, -0.2) is 4.98 Å². The summed E-state index contributed by atoms with van der Waals surface area (Å²) < 4.78 is 22.7. The molecule has 0 amide bonds. The first-order valence-corrected chi connectivity index (χ1v) is 23.4. The minimum atomic E-state index is -1.32. The smallest absolute Gasteiger partial charge is 0.303 e. The number of benzene rings is 2. The van der Waals surface area contributed by atoms with Crippen molar-refractivity contribution in [2.45, 2.75) is 96.9 Å². The summed E-state index contributed by atoms with van der Waals surface area (Å²) in [7, 11) is -0.895. The highest BCUT2D eigenvalue weighted by molar-refractivity contribution is 6.76.